The third-order valence-corrected chi connectivity index (χ3v) is 12.5. The molecule has 63 heavy (non-hydrogen) atoms. The Morgan fingerprint density at radius 2 is 1.59 bits per heavy atom. The van der Waals surface area contributed by atoms with E-state index in [1.165, 1.54) is 0 Å². The van der Waals surface area contributed by atoms with Gasteiger partial charge in [-0.3, -0.25) is 34.3 Å². The summed E-state index contributed by atoms with van der Waals surface area (Å²) in [7, 11) is 0. The van der Waals surface area contributed by atoms with E-state index in [1.54, 1.807) is 66.7 Å². The number of rotatable bonds is 13. The minimum atomic E-state index is -0.685. The molecule has 0 spiro atoms. The van der Waals surface area contributed by atoms with Crippen LogP contribution in [0.5, 0.6) is 0 Å². The highest BCUT2D eigenvalue weighted by Gasteiger charge is 2.29. The van der Waals surface area contributed by atoms with Crippen molar-refractivity contribution in [3.05, 3.63) is 125 Å². The van der Waals surface area contributed by atoms with Gasteiger partial charge in [0, 0.05) is 103 Å². The van der Waals surface area contributed by atoms with E-state index >= 15 is 0 Å². The van der Waals surface area contributed by atoms with E-state index in [0.29, 0.717) is 52.0 Å². The van der Waals surface area contributed by atoms with Gasteiger partial charge in [-0.1, -0.05) is 41.9 Å². The van der Waals surface area contributed by atoms with Crippen molar-refractivity contribution in [1.29, 1.82) is 0 Å². The number of aromatic nitrogens is 2. The molecule has 2 unspecified atom stereocenters. The van der Waals surface area contributed by atoms with Crippen LogP contribution in [0, 0.1) is 5.82 Å². The average Bonchev–Trinajstić information content (AvgIpc) is 3.28. The fourth-order valence-corrected chi connectivity index (χ4v) is 8.82. The van der Waals surface area contributed by atoms with Gasteiger partial charge in [-0.15, -0.1) is 0 Å². The number of hydrogen-bond acceptors (Lipinski definition) is 11. The van der Waals surface area contributed by atoms with Crippen molar-refractivity contribution in [2.24, 2.45) is 5.73 Å². The monoisotopic (exact) mass is 872 g/mol. The minimum absolute atomic E-state index is 0.0787. The number of amides is 4. The third-order valence-electron chi connectivity index (χ3n) is 12.1. The highest BCUT2D eigenvalue weighted by Crippen LogP contribution is 2.34. The second-order valence-electron chi connectivity index (χ2n) is 16.3. The molecule has 0 radical (unpaired) electrons. The van der Waals surface area contributed by atoms with E-state index in [1.807, 2.05) is 12.1 Å². The van der Waals surface area contributed by atoms with Crippen molar-refractivity contribution in [1.82, 2.24) is 30.4 Å². The van der Waals surface area contributed by atoms with E-state index in [-0.39, 0.29) is 47.0 Å². The highest BCUT2D eigenvalue weighted by atomic mass is 35.5. The first kappa shape index (κ1) is 43.2. The molecule has 16 heteroatoms. The Bertz CT molecular complexity index is 2470. The number of nitrogens with one attached hydrogen (secondary N) is 4. The number of piperazine rings is 1. The van der Waals surface area contributed by atoms with E-state index < -0.39 is 11.7 Å². The number of primary amides is 1. The Morgan fingerprint density at radius 3 is 2.29 bits per heavy atom. The molecule has 1 aromatic heterocycles. The maximum absolute atomic E-state index is 14.9. The Balaban J connectivity index is 0.779. The fourth-order valence-electron chi connectivity index (χ4n) is 8.59. The lowest BCUT2D eigenvalue weighted by atomic mass is 9.90. The van der Waals surface area contributed by atoms with Gasteiger partial charge in [0.15, 0.2) is 11.6 Å². The van der Waals surface area contributed by atoms with E-state index in [9.17, 15) is 23.6 Å². The van der Waals surface area contributed by atoms with E-state index in [0.717, 1.165) is 76.1 Å². The lowest BCUT2D eigenvalue weighted by Crippen LogP contribution is -2.53. The van der Waals surface area contributed by atoms with Crippen molar-refractivity contribution in [2.45, 2.75) is 50.6 Å². The number of nitrogens with two attached hydrogens (primary N) is 1. The summed E-state index contributed by atoms with van der Waals surface area (Å²) in [5.41, 5.74) is 10.7. The van der Waals surface area contributed by atoms with Gasteiger partial charge in [0.25, 0.3) is 5.91 Å². The van der Waals surface area contributed by atoms with E-state index in [2.05, 4.69) is 65.0 Å². The molecule has 3 aliphatic heterocycles. The SMILES string of the molecule is CC(CN1CCN(c2ccc(C3CCC(=O)NC3=O)cc2)CC1)N1CCC(NC(=O)c2ccc(Nc3ncc(F)c(Nc4ccc(C(N)=O)c(-c5ccccc5Cl)c4)n3)cc2)CC1. The molecule has 4 heterocycles. The summed E-state index contributed by atoms with van der Waals surface area (Å²) in [6, 6.07) is 27.5. The predicted molar refractivity (Wildman–Crippen MR) is 242 cm³/mol. The zero-order chi connectivity index (χ0) is 44.0. The van der Waals surface area contributed by atoms with Gasteiger partial charge < -0.3 is 26.6 Å². The summed E-state index contributed by atoms with van der Waals surface area (Å²) in [5.74, 6) is -2.08. The van der Waals surface area contributed by atoms with Crippen molar-refractivity contribution in [2.75, 3.05) is 61.3 Å². The van der Waals surface area contributed by atoms with Crippen LogP contribution in [-0.4, -0.2) is 101 Å². The predicted octanol–water partition coefficient (Wildman–Crippen LogP) is 6.45. The first-order chi connectivity index (χ1) is 30.5. The maximum atomic E-state index is 14.9. The standard InChI is InChI=1S/C47H50ClFN10O4/c1-29(28-57-22-24-59(25-23-57)35-13-8-30(9-14-35)36-16-17-42(60)55-46(36)63)58-20-18-33(19-21-58)53-45(62)31-6-10-32(11-7-31)54-47-51-27-41(49)44(56-47)52-34-12-15-38(43(50)61)39(26-34)37-4-2-3-5-40(37)48/h2-15,26-27,29,33,36H,16-25,28H2,1H3,(H2,50,61)(H,53,62)(H,55,60,63)(H2,51,52,54,56). The Kier molecular flexibility index (Phi) is 13.3. The molecule has 0 aliphatic carbocycles. The molecule has 4 amide bonds. The largest absolute Gasteiger partial charge is 0.369 e. The first-order valence-electron chi connectivity index (χ1n) is 21.3. The quantitative estimate of drug-likeness (QED) is 0.0823. The summed E-state index contributed by atoms with van der Waals surface area (Å²) in [6.45, 7) is 8.88. The molecule has 5 aromatic rings. The fraction of sp³-hybridized carbons (Fsp3) is 0.319. The number of carbonyl (C=O) groups is 4. The zero-order valence-electron chi connectivity index (χ0n) is 35.0. The molecular formula is C47H50ClFN10O4. The second-order valence-corrected chi connectivity index (χ2v) is 16.7. The molecule has 8 rings (SSSR count). The van der Waals surface area contributed by atoms with Gasteiger partial charge >= 0.3 is 0 Å². The van der Waals surface area contributed by atoms with Crippen LogP contribution in [0.4, 0.5) is 33.2 Å². The number of nitrogens with zero attached hydrogens (tertiary/aromatic N) is 5. The number of piperidine rings is 2. The number of imide groups is 1. The molecular weight excluding hydrogens is 823 g/mol. The Morgan fingerprint density at radius 1 is 0.873 bits per heavy atom. The van der Waals surface area contributed by atoms with Gasteiger partial charge in [-0.05, 0) is 98.0 Å². The Labute approximate surface area is 370 Å². The van der Waals surface area contributed by atoms with Gasteiger partial charge in [-0.2, -0.15) is 4.98 Å². The van der Waals surface area contributed by atoms with Crippen LogP contribution in [0.2, 0.25) is 5.02 Å². The van der Waals surface area contributed by atoms with E-state index in [4.69, 9.17) is 17.3 Å². The molecule has 3 fully saturated rings. The third kappa shape index (κ3) is 10.4. The molecule has 0 saturated carbocycles. The van der Waals surface area contributed by atoms with Crippen molar-refractivity contribution >= 4 is 64.1 Å². The topological polar surface area (TPSA) is 178 Å². The summed E-state index contributed by atoms with van der Waals surface area (Å²) in [5, 5.41) is 12.1. The molecule has 0 bridgehead atoms. The van der Waals surface area contributed by atoms with Crippen molar-refractivity contribution < 1.29 is 23.6 Å². The zero-order valence-corrected chi connectivity index (χ0v) is 35.7. The van der Waals surface area contributed by atoms with Crippen LogP contribution >= 0.6 is 11.6 Å². The minimum Gasteiger partial charge on any atom is -0.369 e. The average molecular weight is 873 g/mol. The second kappa shape index (κ2) is 19.3. The maximum Gasteiger partial charge on any atom is 0.251 e. The molecule has 3 aliphatic rings. The normalized spacial score (nSPS) is 18.1. The molecule has 326 valence electrons. The van der Waals surface area contributed by atoms with Gasteiger partial charge in [0.05, 0.1) is 12.1 Å². The summed E-state index contributed by atoms with van der Waals surface area (Å²) >= 11 is 6.42. The van der Waals surface area contributed by atoms with Crippen LogP contribution in [-0.2, 0) is 9.59 Å². The number of carbonyl (C=O) groups excluding carboxylic acids is 4. The summed E-state index contributed by atoms with van der Waals surface area (Å²) in [4.78, 5) is 65.1. The highest BCUT2D eigenvalue weighted by molar-refractivity contribution is 6.33. The lowest BCUT2D eigenvalue weighted by molar-refractivity contribution is -0.134. The van der Waals surface area contributed by atoms with Crippen LogP contribution in [0.3, 0.4) is 0 Å². The smallest absolute Gasteiger partial charge is 0.251 e. The van der Waals surface area contributed by atoms with Crippen molar-refractivity contribution in [3.8, 4) is 11.1 Å². The first-order valence-corrected chi connectivity index (χ1v) is 21.7. The molecule has 4 aromatic carbocycles. The summed E-state index contributed by atoms with van der Waals surface area (Å²) in [6.07, 6.45) is 3.72. The number of halogens is 2. The van der Waals surface area contributed by atoms with Gasteiger partial charge in [0.1, 0.15) is 0 Å². The Hall–Kier alpha value is -6.42. The van der Waals surface area contributed by atoms with Crippen LogP contribution in [0.25, 0.3) is 11.1 Å². The van der Waals surface area contributed by atoms with Crippen LogP contribution in [0.1, 0.15) is 64.8 Å². The van der Waals surface area contributed by atoms with Crippen LogP contribution in [0.15, 0.2) is 97.2 Å². The molecule has 2 atom stereocenters. The van der Waals surface area contributed by atoms with Gasteiger partial charge in [0.2, 0.25) is 23.7 Å². The number of hydrogen-bond donors (Lipinski definition) is 5. The molecule has 14 nitrogen and oxygen atoms in total. The summed E-state index contributed by atoms with van der Waals surface area (Å²) < 4.78 is 14.9. The van der Waals surface area contributed by atoms with Crippen LogP contribution < -0.4 is 31.9 Å². The lowest BCUT2D eigenvalue weighted by Gasteiger charge is -2.41. The number of anilines is 5. The molecule has 6 N–H and O–H groups in total. The van der Waals surface area contributed by atoms with Gasteiger partial charge in [-0.25, -0.2) is 9.37 Å². The molecule has 3 saturated heterocycles. The van der Waals surface area contributed by atoms with Crippen molar-refractivity contribution in [3.63, 3.8) is 0 Å². The number of likely N-dealkylation sites (tertiary alicyclic amines) is 1. The number of benzene rings is 4.